The zero-order valence-electron chi connectivity index (χ0n) is 9.09. The number of aromatic nitrogens is 2. The number of nitrogens with zero attached hydrogens (tertiary/aromatic N) is 2. The van der Waals surface area contributed by atoms with E-state index in [0.29, 0.717) is 0 Å². The summed E-state index contributed by atoms with van der Waals surface area (Å²) in [7, 11) is 1.69. The van der Waals surface area contributed by atoms with E-state index < -0.39 is 0 Å². The lowest BCUT2D eigenvalue weighted by atomic mass is 9.92. The summed E-state index contributed by atoms with van der Waals surface area (Å²) in [5.74, 6) is 0.884. The minimum absolute atomic E-state index is 0.0474. The molecule has 74 valence electrons. The molecule has 0 saturated heterocycles. The van der Waals surface area contributed by atoms with Gasteiger partial charge in [-0.3, -0.25) is 4.68 Å². The molecule has 0 spiro atoms. The van der Waals surface area contributed by atoms with Crippen LogP contribution < -0.4 is 4.74 Å². The summed E-state index contributed by atoms with van der Waals surface area (Å²) in [6.07, 6.45) is 1.95. The number of aryl methyl sites for hydroxylation is 1. The summed E-state index contributed by atoms with van der Waals surface area (Å²) in [6.45, 7) is 9.36. The Hall–Kier alpha value is -0.990. The van der Waals surface area contributed by atoms with Crippen LogP contribution in [0.3, 0.4) is 0 Å². The maximum atomic E-state index is 5.27. The predicted molar refractivity (Wildman–Crippen MR) is 53.2 cm³/mol. The van der Waals surface area contributed by atoms with Crippen molar-refractivity contribution in [2.45, 2.75) is 39.7 Å². The van der Waals surface area contributed by atoms with Gasteiger partial charge in [0.1, 0.15) is 5.69 Å². The van der Waals surface area contributed by atoms with E-state index in [1.54, 1.807) is 7.11 Å². The lowest BCUT2D eigenvalue weighted by molar-refractivity contribution is 0.396. The molecule has 0 unspecified atom stereocenters. The number of hydrogen-bond acceptors (Lipinski definition) is 2. The highest BCUT2D eigenvalue weighted by Crippen LogP contribution is 2.29. The molecule has 3 nitrogen and oxygen atoms in total. The number of hydrogen-bond donors (Lipinski definition) is 0. The second-order valence-electron chi connectivity index (χ2n) is 4.15. The van der Waals surface area contributed by atoms with Crippen molar-refractivity contribution < 1.29 is 4.74 Å². The molecule has 0 aromatic carbocycles. The molecule has 1 aromatic rings. The smallest absolute Gasteiger partial charge is 0.160 e. The molecule has 0 N–H and O–H groups in total. The Labute approximate surface area is 79.7 Å². The van der Waals surface area contributed by atoms with Crippen LogP contribution in [-0.4, -0.2) is 16.9 Å². The highest BCUT2D eigenvalue weighted by molar-refractivity contribution is 5.30. The molecule has 0 aliphatic heterocycles. The van der Waals surface area contributed by atoms with Crippen LogP contribution in [0, 0.1) is 0 Å². The summed E-state index contributed by atoms with van der Waals surface area (Å²) < 4.78 is 7.17. The Kier molecular flexibility index (Phi) is 2.64. The minimum Gasteiger partial charge on any atom is -0.493 e. The molecule has 1 aromatic heterocycles. The number of rotatable bonds is 2. The van der Waals surface area contributed by atoms with Gasteiger partial charge in [0.25, 0.3) is 0 Å². The van der Waals surface area contributed by atoms with Crippen molar-refractivity contribution in [3.05, 3.63) is 11.9 Å². The molecule has 0 aliphatic rings. The van der Waals surface area contributed by atoms with Crippen molar-refractivity contribution in [3.8, 4) is 5.75 Å². The Balaban J connectivity index is 3.11. The zero-order chi connectivity index (χ0) is 10.1. The van der Waals surface area contributed by atoms with Gasteiger partial charge in [0, 0.05) is 12.0 Å². The lowest BCUT2D eigenvalue weighted by Crippen LogP contribution is -2.13. The average Bonchev–Trinajstić information content (AvgIpc) is 2.46. The van der Waals surface area contributed by atoms with Gasteiger partial charge in [-0.05, 0) is 6.92 Å². The maximum Gasteiger partial charge on any atom is 0.160 e. The molecule has 1 heterocycles. The fourth-order valence-corrected chi connectivity index (χ4v) is 1.23. The van der Waals surface area contributed by atoms with Gasteiger partial charge in [-0.2, -0.15) is 5.10 Å². The molecule has 0 atom stereocenters. The molecule has 0 aliphatic carbocycles. The van der Waals surface area contributed by atoms with E-state index in [1.807, 2.05) is 10.9 Å². The summed E-state index contributed by atoms with van der Waals surface area (Å²) in [4.78, 5) is 0. The standard InChI is InChI=1S/C10H18N2O/c1-6-12-7-8(13-5)9(11-12)10(2,3)4/h7H,6H2,1-5H3. The average molecular weight is 182 g/mol. The first-order chi connectivity index (χ1) is 5.99. The molecule has 0 bridgehead atoms. The van der Waals surface area contributed by atoms with Gasteiger partial charge < -0.3 is 4.74 Å². The Morgan fingerprint density at radius 1 is 1.46 bits per heavy atom. The van der Waals surface area contributed by atoms with Crippen LogP contribution in [0.4, 0.5) is 0 Å². The first-order valence-corrected chi connectivity index (χ1v) is 4.61. The van der Waals surface area contributed by atoms with E-state index in [2.05, 4.69) is 32.8 Å². The molecule has 0 radical (unpaired) electrons. The molecule has 0 saturated carbocycles. The number of methoxy groups -OCH3 is 1. The highest BCUT2D eigenvalue weighted by atomic mass is 16.5. The molecule has 0 fully saturated rings. The third-order valence-corrected chi connectivity index (χ3v) is 1.98. The van der Waals surface area contributed by atoms with Crippen molar-refractivity contribution >= 4 is 0 Å². The van der Waals surface area contributed by atoms with Crippen LogP contribution in [-0.2, 0) is 12.0 Å². The van der Waals surface area contributed by atoms with E-state index in [4.69, 9.17) is 4.74 Å². The van der Waals surface area contributed by atoms with Crippen LogP contribution in [0.2, 0.25) is 0 Å². The highest BCUT2D eigenvalue weighted by Gasteiger charge is 2.22. The monoisotopic (exact) mass is 182 g/mol. The van der Waals surface area contributed by atoms with Crippen molar-refractivity contribution in [2.24, 2.45) is 0 Å². The number of ether oxygens (including phenoxy) is 1. The quantitative estimate of drug-likeness (QED) is 0.701. The van der Waals surface area contributed by atoms with Gasteiger partial charge in [0.05, 0.1) is 13.3 Å². The predicted octanol–water partition coefficient (Wildman–Crippen LogP) is 2.21. The third-order valence-electron chi connectivity index (χ3n) is 1.98. The van der Waals surface area contributed by atoms with E-state index in [0.717, 1.165) is 18.0 Å². The fourth-order valence-electron chi connectivity index (χ4n) is 1.23. The first kappa shape index (κ1) is 10.1. The first-order valence-electron chi connectivity index (χ1n) is 4.61. The summed E-state index contributed by atoms with van der Waals surface area (Å²) >= 11 is 0. The molecular formula is C10H18N2O. The van der Waals surface area contributed by atoms with E-state index in [9.17, 15) is 0 Å². The summed E-state index contributed by atoms with van der Waals surface area (Å²) in [5, 5.41) is 4.46. The van der Waals surface area contributed by atoms with E-state index >= 15 is 0 Å². The van der Waals surface area contributed by atoms with E-state index in [1.165, 1.54) is 0 Å². The third kappa shape index (κ3) is 2.02. The van der Waals surface area contributed by atoms with E-state index in [-0.39, 0.29) is 5.41 Å². The topological polar surface area (TPSA) is 27.1 Å². The molecular weight excluding hydrogens is 164 g/mol. The Bertz CT molecular complexity index is 284. The van der Waals surface area contributed by atoms with Crippen molar-refractivity contribution in [1.29, 1.82) is 0 Å². The Morgan fingerprint density at radius 3 is 2.38 bits per heavy atom. The largest absolute Gasteiger partial charge is 0.493 e. The van der Waals surface area contributed by atoms with Crippen LogP contribution >= 0.6 is 0 Å². The second kappa shape index (κ2) is 3.40. The van der Waals surface area contributed by atoms with Gasteiger partial charge in [-0.1, -0.05) is 20.8 Å². The summed E-state index contributed by atoms with van der Waals surface area (Å²) in [6, 6.07) is 0. The molecule has 3 heteroatoms. The Morgan fingerprint density at radius 2 is 2.08 bits per heavy atom. The normalized spacial score (nSPS) is 11.8. The van der Waals surface area contributed by atoms with Crippen LogP contribution in [0.15, 0.2) is 6.20 Å². The summed E-state index contributed by atoms with van der Waals surface area (Å²) in [5.41, 5.74) is 1.07. The molecule has 13 heavy (non-hydrogen) atoms. The van der Waals surface area contributed by atoms with Gasteiger partial charge in [0.2, 0.25) is 0 Å². The van der Waals surface area contributed by atoms with Crippen molar-refractivity contribution in [2.75, 3.05) is 7.11 Å². The van der Waals surface area contributed by atoms with Gasteiger partial charge in [-0.15, -0.1) is 0 Å². The van der Waals surface area contributed by atoms with Gasteiger partial charge in [-0.25, -0.2) is 0 Å². The van der Waals surface area contributed by atoms with Crippen LogP contribution in [0.25, 0.3) is 0 Å². The SMILES string of the molecule is CCn1cc(OC)c(C(C)(C)C)n1. The van der Waals surface area contributed by atoms with Gasteiger partial charge >= 0.3 is 0 Å². The van der Waals surface area contributed by atoms with Crippen LogP contribution in [0.5, 0.6) is 5.75 Å². The maximum absolute atomic E-state index is 5.27. The second-order valence-corrected chi connectivity index (χ2v) is 4.15. The lowest BCUT2D eigenvalue weighted by Gasteiger charge is -2.16. The van der Waals surface area contributed by atoms with Crippen molar-refractivity contribution in [3.63, 3.8) is 0 Å². The van der Waals surface area contributed by atoms with Crippen LogP contribution in [0.1, 0.15) is 33.4 Å². The minimum atomic E-state index is 0.0474. The van der Waals surface area contributed by atoms with Gasteiger partial charge in [0.15, 0.2) is 5.75 Å². The zero-order valence-corrected chi connectivity index (χ0v) is 9.09. The molecule has 0 amide bonds. The van der Waals surface area contributed by atoms with Crippen molar-refractivity contribution in [1.82, 2.24) is 9.78 Å². The molecule has 1 rings (SSSR count). The fraction of sp³-hybridized carbons (Fsp3) is 0.700.